The van der Waals surface area contributed by atoms with Crippen LogP contribution in [0.5, 0.6) is 0 Å². The summed E-state index contributed by atoms with van der Waals surface area (Å²) >= 11 is 0. The van der Waals surface area contributed by atoms with E-state index in [1.165, 1.54) is 77.0 Å². The van der Waals surface area contributed by atoms with Crippen LogP contribution < -0.4 is 0 Å². The number of hydrogen-bond donors (Lipinski definition) is 2. The molecule has 0 aromatic rings. The van der Waals surface area contributed by atoms with Crippen LogP contribution in [-0.4, -0.2) is 15.9 Å². The van der Waals surface area contributed by atoms with E-state index in [2.05, 4.69) is 13.8 Å². The Morgan fingerprint density at radius 1 is 0.615 bits per heavy atom. The molecule has 0 saturated heterocycles. The summed E-state index contributed by atoms with van der Waals surface area (Å²) in [4.78, 5) is 18.0. The molecule has 4 nitrogen and oxygen atoms in total. The zero-order chi connectivity index (χ0) is 19.5. The van der Waals surface area contributed by atoms with Crippen molar-refractivity contribution in [2.24, 2.45) is 0 Å². The molecule has 0 aromatic heterocycles. The van der Waals surface area contributed by atoms with Crippen LogP contribution in [0.15, 0.2) is 0 Å². The van der Waals surface area contributed by atoms with E-state index < -0.39 is 7.82 Å². The zero-order valence-corrected chi connectivity index (χ0v) is 18.4. The molecule has 26 heavy (non-hydrogen) atoms. The molecule has 0 saturated carbocycles. The topological polar surface area (TPSA) is 66.8 Å². The van der Waals surface area contributed by atoms with E-state index in [-0.39, 0.29) is 6.10 Å². The van der Waals surface area contributed by atoms with Crippen molar-refractivity contribution in [3.63, 3.8) is 0 Å². The Labute approximate surface area is 162 Å². The highest BCUT2D eigenvalue weighted by Crippen LogP contribution is 2.39. The third-order valence-corrected chi connectivity index (χ3v) is 5.62. The Morgan fingerprint density at radius 3 is 1.35 bits per heavy atom. The van der Waals surface area contributed by atoms with Gasteiger partial charge in [-0.1, -0.05) is 117 Å². The second kappa shape index (κ2) is 18.5. The summed E-state index contributed by atoms with van der Waals surface area (Å²) in [5.74, 6) is 0. The maximum Gasteiger partial charge on any atom is 0.469 e. The molecule has 0 heterocycles. The summed E-state index contributed by atoms with van der Waals surface area (Å²) in [5.41, 5.74) is 0. The Balaban J connectivity index is 3.43. The number of hydrogen-bond acceptors (Lipinski definition) is 2. The van der Waals surface area contributed by atoms with Crippen molar-refractivity contribution in [3.05, 3.63) is 0 Å². The number of unbranched alkanes of at least 4 members (excludes halogenated alkanes) is 14. The average Bonchev–Trinajstić information content (AvgIpc) is 2.58. The Bertz CT molecular complexity index is 330. The van der Waals surface area contributed by atoms with Gasteiger partial charge in [-0.05, 0) is 12.8 Å². The Hall–Kier alpha value is 0.110. The molecule has 0 radical (unpaired) electrons. The van der Waals surface area contributed by atoms with Crippen molar-refractivity contribution in [3.8, 4) is 0 Å². The quantitative estimate of drug-likeness (QED) is 0.166. The first kappa shape index (κ1) is 26.1. The van der Waals surface area contributed by atoms with Gasteiger partial charge in [0.05, 0.1) is 6.10 Å². The molecule has 1 atom stereocenters. The fraction of sp³-hybridized carbons (Fsp3) is 1.00. The van der Waals surface area contributed by atoms with E-state index in [0.717, 1.165) is 38.5 Å². The highest BCUT2D eigenvalue weighted by Gasteiger charge is 2.21. The standard InChI is InChI=1S/C21H45O4P/c1-3-5-7-8-9-10-11-12-13-14-15-16-17-18-20-21(19-6-4-2)25-26(22,23)24/h21H,3-20H2,1-2H3,(H2,22,23,24). The van der Waals surface area contributed by atoms with Crippen LogP contribution in [0.1, 0.15) is 129 Å². The van der Waals surface area contributed by atoms with Crippen molar-refractivity contribution in [1.29, 1.82) is 0 Å². The molecule has 2 N–H and O–H groups in total. The molecule has 0 aliphatic rings. The largest absolute Gasteiger partial charge is 0.469 e. The molecule has 0 aromatic carbocycles. The van der Waals surface area contributed by atoms with Crippen LogP contribution >= 0.6 is 7.82 Å². The van der Waals surface area contributed by atoms with Crippen LogP contribution in [0, 0.1) is 0 Å². The van der Waals surface area contributed by atoms with Gasteiger partial charge in [0.2, 0.25) is 0 Å². The van der Waals surface area contributed by atoms with Crippen LogP contribution in [0.4, 0.5) is 0 Å². The van der Waals surface area contributed by atoms with Crippen molar-refractivity contribution in [2.75, 3.05) is 0 Å². The number of rotatable bonds is 20. The molecule has 0 amide bonds. The van der Waals surface area contributed by atoms with Gasteiger partial charge in [-0.15, -0.1) is 0 Å². The average molecular weight is 393 g/mol. The second-order valence-electron chi connectivity index (χ2n) is 7.75. The predicted molar refractivity (Wildman–Crippen MR) is 111 cm³/mol. The highest BCUT2D eigenvalue weighted by molar-refractivity contribution is 7.46. The van der Waals surface area contributed by atoms with Crippen molar-refractivity contribution < 1.29 is 18.9 Å². The van der Waals surface area contributed by atoms with Gasteiger partial charge in [0.25, 0.3) is 0 Å². The van der Waals surface area contributed by atoms with Gasteiger partial charge in [-0.2, -0.15) is 0 Å². The second-order valence-corrected chi connectivity index (χ2v) is 8.94. The smallest absolute Gasteiger partial charge is 0.303 e. The molecule has 0 rings (SSSR count). The molecule has 0 aliphatic carbocycles. The lowest BCUT2D eigenvalue weighted by molar-refractivity contribution is 0.116. The third-order valence-electron chi connectivity index (χ3n) is 5.05. The molecule has 158 valence electrons. The maximum absolute atomic E-state index is 11.0. The fourth-order valence-electron chi connectivity index (χ4n) is 3.44. The van der Waals surface area contributed by atoms with Gasteiger partial charge in [0.15, 0.2) is 0 Å². The number of phosphoric acid groups is 1. The van der Waals surface area contributed by atoms with E-state index in [1.807, 2.05) is 0 Å². The van der Waals surface area contributed by atoms with Crippen molar-refractivity contribution in [1.82, 2.24) is 0 Å². The van der Waals surface area contributed by atoms with E-state index >= 15 is 0 Å². The lowest BCUT2D eigenvalue weighted by Crippen LogP contribution is -2.11. The Morgan fingerprint density at radius 2 is 0.962 bits per heavy atom. The maximum atomic E-state index is 11.0. The lowest BCUT2D eigenvalue weighted by Gasteiger charge is -2.17. The minimum absolute atomic E-state index is 0.284. The summed E-state index contributed by atoms with van der Waals surface area (Å²) in [6, 6.07) is 0. The van der Waals surface area contributed by atoms with Crippen molar-refractivity contribution in [2.45, 2.75) is 136 Å². The summed E-state index contributed by atoms with van der Waals surface area (Å²) < 4.78 is 15.9. The molecule has 1 unspecified atom stereocenters. The first-order valence-corrected chi connectivity index (χ1v) is 12.8. The SMILES string of the molecule is CCCCCCCCCCCCCCCCC(CCCC)OP(=O)(O)O. The van der Waals surface area contributed by atoms with Crippen LogP contribution in [0.2, 0.25) is 0 Å². The highest BCUT2D eigenvalue weighted by atomic mass is 31.2. The minimum atomic E-state index is -4.35. The molecule has 0 spiro atoms. The minimum Gasteiger partial charge on any atom is -0.303 e. The van der Waals surface area contributed by atoms with E-state index in [0.29, 0.717) is 0 Å². The summed E-state index contributed by atoms with van der Waals surface area (Å²) in [7, 11) is -4.35. The molecular formula is C21H45O4P. The van der Waals surface area contributed by atoms with Crippen LogP contribution in [0.25, 0.3) is 0 Å². The number of phosphoric ester groups is 1. The first-order chi connectivity index (χ1) is 12.5. The summed E-state index contributed by atoms with van der Waals surface area (Å²) in [5, 5.41) is 0. The van der Waals surface area contributed by atoms with Gasteiger partial charge >= 0.3 is 7.82 Å². The third kappa shape index (κ3) is 20.4. The molecule has 0 bridgehead atoms. The lowest BCUT2D eigenvalue weighted by atomic mass is 10.0. The molecule has 0 fully saturated rings. The normalized spacial score (nSPS) is 13.2. The molecule has 5 heteroatoms. The van der Waals surface area contributed by atoms with E-state index in [9.17, 15) is 4.57 Å². The van der Waals surface area contributed by atoms with Gasteiger partial charge in [0, 0.05) is 0 Å². The predicted octanol–water partition coefficient (Wildman–Crippen LogP) is 7.53. The van der Waals surface area contributed by atoms with Gasteiger partial charge in [0.1, 0.15) is 0 Å². The summed E-state index contributed by atoms with van der Waals surface area (Å²) in [6.45, 7) is 4.35. The molecule has 0 aliphatic heterocycles. The fourth-order valence-corrected chi connectivity index (χ4v) is 4.04. The monoisotopic (exact) mass is 392 g/mol. The molecular weight excluding hydrogens is 347 g/mol. The van der Waals surface area contributed by atoms with E-state index in [4.69, 9.17) is 14.3 Å². The van der Waals surface area contributed by atoms with E-state index in [1.54, 1.807) is 0 Å². The summed E-state index contributed by atoms with van der Waals surface area (Å²) in [6.07, 6.45) is 21.7. The first-order valence-electron chi connectivity index (χ1n) is 11.2. The van der Waals surface area contributed by atoms with Gasteiger partial charge in [-0.3, -0.25) is 4.52 Å². The van der Waals surface area contributed by atoms with Crippen LogP contribution in [0.3, 0.4) is 0 Å². The van der Waals surface area contributed by atoms with Crippen LogP contribution in [-0.2, 0) is 9.09 Å². The van der Waals surface area contributed by atoms with Gasteiger partial charge in [-0.25, -0.2) is 4.57 Å². The van der Waals surface area contributed by atoms with Gasteiger partial charge < -0.3 is 9.79 Å². The van der Waals surface area contributed by atoms with Crippen molar-refractivity contribution >= 4 is 7.82 Å². The Kier molecular flexibility index (Phi) is 18.6. The zero-order valence-electron chi connectivity index (χ0n) is 17.5.